The predicted molar refractivity (Wildman–Crippen MR) is 111 cm³/mol. The fraction of sp³-hybridized carbons (Fsp3) is 0.150. The number of carbonyl (C=O) groups is 1. The highest BCUT2D eigenvalue weighted by Crippen LogP contribution is 2.24. The Kier molecular flexibility index (Phi) is 4.89. The largest absolute Gasteiger partial charge is 0.358 e. The summed E-state index contributed by atoms with van der Waals surface area (Å²) in [5, 5.41) is 6.99. The summed E-state index contributed by atoms with van der Waals surface area (Å²) in [7, 11) is -3.22. The van der Waals surface area contributed by atoms with Crippen molar-refractivity contribution in [2.24, 2.45) is 5.10 Å². The van der Waals surface area contributed by atoms with Gasteiger partial charge in [0.1, 0.15) is 0 Å². The molecule has 29 heavy (non-hydrogen) atoms. The lowest BCUT2D eigenvalue weighted by molar-refractivity contribution is 0.0946. The Balaban J connectivity index is 1.49. The Morgan fingerprint density at radius 2 is 1.97 bits per heavy atom. The van der Waals surface area contributed by atoms with Crippen LogP contribution in [0.1, 0.15) is 21.7 Å². The van der Waals surface area contributed by atoms with E-state index in [0.29, 0.717) is 23.5 Å². The summed E-state index contributed by atoms with van der Waals surface area (Å²) < 4.78 is 23.0. The highest BCUT2D eigenvalue weighted by atomic mass is 32.2. The van der Waals surface area contributed by atoms with Crippen LogP contribution in [0.3, 0.4) is 0 Å². The van der Waals surface area contributed by atoms with Crippen molar-refractivity contribution in [3.05, 3.63) is 65.6 Å². The van der Waals surface area contributed by atoms with Crippen molar-refractivity contribution in [3.63, 3.8) is 0 Å². The van der Waals surface area contributed by atoms with Crippen molar-refractivity contribution in [2.75, 3.05) is 18.2 Å². The number of pyridine rings is 1. The normalized spacial score (nSPS) is 13.9. The van der Waals surface area contributed by atoms with Crippen LogP contribution in [0.5, 0.6) is 0 Å². The molecule has 0 saturated carbocycles. The molecule has 0 aliphatic carbocycles. The molecule has 3 aromatic rings. The monoisotopic (exact) mass is 409 g/mol. The Labute approximate surface area is 168 Å². The predicted octanol–water partition coefficient (Wildman–Crippen LogP) is 2.21. The van der Waals surface area contributed by atoms with Gasteiger partial charge in [-0.1, -0.05) is 0 Å². The summed E-state index contributed by atoms with van der Waals surface area (Å²) >= 11 is 0. The third-order valence-corrected chi connectivity index (χ3v) is 5.70. The molecule has 0 spiro atoms. The summed E-state index contributed by atoms with van der Waals surface area (Å²) in [6, 6.07) is 11.9. The van der Waals surface area contributed by atoms with E-state index in [9.17, 15) is 13.2 Å². The number of nitrogens with zero attached hydrogens (tertiary/aromatic N) is 2. The topological polar surface area (TPSA) is 116 Å². The van der Waals surface area contributed by atoms with E-state index >= 15 is 0 Å². The highest BCUT2D eigenvalue weighted by Gasteiger charge is 2.19. The third-order valence-electron chi connectivity index (χ3n) is 4.57. The molecule has 0 saturated heterocycles. The molecule has 1 aliphatic heterocycles. The van der Waals surface area contributed by atoms with Gasteiger partial charge >= 0.3 is 0 Å². The van der Waals surface area contributed by atoms with Crippen molar-refractivity contribution in [3.8, 4) is 11.3 Å². The first kappa shape index (κ1) is 18.9. The Bertz CT molecular complexity index is 1200. The average Bonchev–Trinajstić information content (AvgIpc) is 3.14. The van der Waals surface area contributed by atoms with E-state index in [1.807, 2.05) is 18.2 Å². The van der Waals surface area contributed by atoms with E-state index in [-0.39, 0.29) is 10.8 Å². The molecule has 3 N–H and O–H groups in total. The summed E-state index contributed by atoms with van der Waals surface area (Å²) in [6.45, 7) is 0.636. The minimum atomic E-state index is -3.22. The third kappa shape index (κ3) is 4.19. The lowest BCUT2D eigenvalue weighted by atomic mass is 10.1. The lowest BCUT2D eigenvalue weighted by Gasteiger charge is -2.10. The van der Waals surface area contributed by atoms with Gasteiger partial charge in [0, 0.05) is 42.4 Å². The molecule has 8 nitrogen and oxygen atoms in total. The first-order valence-electron chi connectivity index (χ1n) is 8.96. The molecule has 2 aromatic heterocycles. The Morgan fingerprint density at radius 3 is 2.69 bits per heavy atom. The minimum Gasteiger partial charge on any atom is -0.358 e. The van der Waals surface area contributed by atoms with Gasteiger partial charge in [0.25, 0.3) is 5.91 Å². The van der Waals surface area contributed by atoms with Crippen molar-refractivity contribution in [1.29, 1.82) is 0 Å². The minimum absolute atomic E-state index is 0.0596. The summed E-state index contributed by atoms with van der Waals surface area (Å²) in [5.41, 5.74) is 7.53. The SMILES string of the molecule is CS(=O)(=O)c1ccc(NN=Cc2cc(-c3cc4c([nH]3)CCNC4=O)ccn2)cc1. The number of sulfone groups is 1. The van der Waals surface area contributed by atoms with Crippen LogP contribution < -0.4 is 10.7 Å². The maximum Gasteiger partial charge on any atom is 0.253 e. The van der Waals surface area contributed by atoms with E-state index < -0.39 is 9.84 Å². The smallest absolute Gasteiger partial charge is 0.253 e. The average molecular weight is 409 g/mol. The number of H-pyrrole nitrogens is 1. The molecule has 0 atom stereocenters. The molecule has 1 aliphatic rings. The fourth-order valence-corrected chi connectivity index (χ4v) is 3.72. The van der Waals surface area contributed by atoms with Crippen LogP contribution in [-0.4, -0.2) is 43.3 Å². The lowest BCUT2D eigenvalue weighted by Crippen LogP contribution is -2.31. The number of rotatable bonds is 5. The molecule has 148 valence electrons. The molecular weight excluding hydrogens is 390 g/mol. The molecule has 0 unspecified atom stereocenters. The number of amides is 1. The van der Waals surface area contributed by atoms with E-state index in [2.05, 4.69) is 25.8 Å². The molecule has 9 heteroatoms. The van der Waals surface area contributed by atoms with Crippen LogP contribution in [0, 0.1) is 0 Å². The van der Waals surface area contributed by atoms with Gasteiger partial charge in [-0.3, -0.25) is 15.2 Å². The zero-order valence-corrected chi connectivity index (χ0v) is 16.5. The van der Waals surface area contributed by atoms with E-state index in [0.717, 1.165) is 23.4 Å². The fourth-order valence-electron chi connectivity index (χ4n) is 3.09. The molecule has 0 radical (unpaired) electrons. The number of hydrazone groups is 1. The van der Waals surface area contributed by atoms with Gasteiger partial charge in [-0.2, -0.15) is 5.10 Å². The van der Waals surface area contributed by atoms with Crippen LogP contribution in [-0.2, 0) is 16.3 Å². The summed E-state index contributed by atoms with van der Waals surface area (Å²) in [4.78, 5) is 19.8. The number of anilines is 1. The highest BCUT2D eigenvalue weighted by molar-refractivity contribution is 7.90. The zero-order valence-electron chi connectivity index (χ0n) is 15.6. The number of aromatic nitrogens is 2. The number of fused-ring (bicyclic) bond motifs is 1. The van der Waals surface area contributed by atoms with E-state index in [1.54, 1.807) is 24.5 Å². The number of benzene rings is 1. The van der Waals surface area contributed by atoms with Gasteiger partial charge in [-0.15, -0.1) is 0 Å². The van der Waals surface area contributed by atoms with Crippen molar-refractivity contribution in [2.45, 2.75) is 11.3 Å². The van der Waals surface area contributed by atoms with Gasteiger partial charge in [0.05, 0.1) is 28.1 Å². The second-order valence-electron chi connectivity index (χ2n) is 6.72. The standard InChI is InChI=1S/C20H19N5O3S/c1-29(27,28)16-4-2-14(3-5-16)25-23-12-15-10-13(6-8-21-15)19-11-17-18(24-19)7-9-22-20(17)26/h2-6,8,10-12,24-25H,7,9H2,1H3,(H,22,26). The molecule has 0 fully saturated rings. The van der Waals surface area contributed by atoms with Gasteiger partial charge in [-0.25, -0.2) is 8.42 Å². The second-order valence-corrected chi connectivity index (χ2v) is 8.73. The molecular formula is C20H19N5O3S. The summed E-state index contributed by atoms with van der Waals surface area (Å²) in [5.74, 6) is -0.0596. The van der Waals surface area contributed by atoms with Crippen molar-refractivity contribution >= 4 is 27.6 Å². The first-order valence-corrected chi connectivity index (χ1v) is 10.8. The van der Waals surface area contributed by atoms with Crippen LogP contribution in [0.2, 0.25) is 0 Å². The molecule has 0 bridgehead atoms. The molecule has 4 rings (SSSR count). The van der Waals surface area contributed by atoms with E-state index in [4.69, 9.17) is 0 Å². The van der Waals surface area contributed by atoms with Crippen LogP contribution in [0.15, 0.2) is 58.7 Å². The molecule has 1 amide bonds. The van der Waals surface area contributed by atoms with Crippen LogP contribution >= 0.6 is 0 Å². The van der Waals surface area contributed by atoms with Crippen molar-refractivity contribution in [1.82, 2.24) is 15.3 Å². The first-order chi connectivity index (χ1) is 13.9. The van der Waals surface area contributed by atoms with Crippen LogP contribution in [0.4, 0.5) is 5.69 Å². The number of hydrogen-bond donors (Lipinski definition) is 3. The maximum absolute atomic E-state index is 11.9. The van der Waals surface area contributed by atoms with Crippen molar-refractivity contribution < 1.29 is 13.2 Å². The number of hydrogen-bond acceptors (Lipinski definition) is 6. The maximum atomic E-state index is 11.9. The molecule has 1 aromatic carbocycles. The molecule has 3 heterocycles. The number of nitrogens with one attached hydrogen (secondary N) is 3. The Hall–Kier alpha value is -3.46. The second kappa shape index (κ2) is 7.51. The van der Waals surface area contributed by atoms with Gasteiger partial charge in [-0.05, 0) is 42.5 Å². The number of aromatic amines is 1. The number of carbonyl (C=O) groups excluding carboxylic acids is 1. The van der Waals surface area contributed by atoms with Gasteiger partial charge in [0.15, 0.2) is 9.84 Å². The van der Waals surface area contributed by atoms with E-state index in [1.165, 1.54) is 18.4 Å². The van der Waals surface area contributed by atoms with Gasteiger partial charge in [0.2, 0.25) is 0 Å². The van der Waals surface area contributed by atoms with Gasteiger partial charge < -0.3 is 10.3 Å². The summed E-state index contributed by atoms with van der Waals surface area (Å²) in [6.07, 6.45) is 5.20. The quantitative estimate of drug-likeness (QED) is 0.441. The van der Waals surface area contributed by atoms with Crippen LogP contribution in [0.25, 0.3) is 11.3 Å². The Morgan fingerprint density at radius 1 is 1.17 bits per heavy atom. The zero-order chi connectivity index (χ0) is 20.4.